The highest BCUT2D eigenvalue weighted by Crippen LogP contribution is 2.06. The van der Waals surface area contributed by atoms with Crippen LogP contribution in [0.4, 0.5) is 4.79 Å². The fourth-order valence-corrected chi connectivity index (χ4v) is 2.39. The quantitative estimate of drug-likeness (QED) is 0.272. The molecule has 1 rings (SSSR count). The zero-order valence-corrected chi connectivity index (χ0v) is 18.5. The lowest BCUT2D eigenvalue weighted by atomic mass is 10.0. The number of halogens is 1. The van der Waals surface area contributed by atoms with E-state index >= 15 is 0 Å². The first kappa shape index (κ1) is 24.6. The van der Waals surface area contributed by atoms with Gasteiger partial charge in [0.2, 0.25) is 0 Å². The number of ether oxygens (including phenoxy) is 1. The minimum Gasteiger partial charge on any atom is -0.469 e. The van der Waals surface area contributed by atoms with Crippen LogP contribution < -0.4 is 16.0 Å². The zero-order valence-electron chi connectivity index (χ0n) is 16.2. The highest BCUT2D eigenvalue weighted by molar-refractivity contribution is 14.0. The number of aliphatic imine (C=N–C) groups is 1. The zero-order chi connectivity index (χ0) is 18.5. The van der Waals surface area contributed by atoms with Crippen LogP contribution in [0.1, 0.15) is 39.9 Å². The van der Waals surface area contributed by atoms with E-state index in [1.54, 1.807) is 13.2 Å². The average molecular weight is 480 g/mol. The Morgan fingerprint density at radius 1 is 1.31 bits per heavy atom. The van der Waals surface area contributed by atoms with Crippen molar-refractivity contribution >= 4 is 36.0 Å². The van der Waals surface area contributed by atoms with Crippen LogP contribution in [0.3, 0.4) is 0 Å². The Balaban J connectivity index is 0.00000625. The number of nitrogens with zero attached hydrogens (tertiary/aromatic N) is 1. The molecule has 0 fully saturated rings. The lowest BCUT2D eigenvalue weighted by molar-refractivity contribution is 0.147. The summed E-state index contributed by atoms with van der Waals surface area (Å²) in [6.07, 6.45) is 2.91. The molecule has 8 heteroatoms. The molecule has 1 unspecified atom stereocenters. The number of hydrogen-bond acceptors (Lipinski definition) is 4. The second-order valence-electron chi connectivity index (χ2n) is 6.17. The van der Waals surface area contributed by atoms with Crippen molar-refractivity contribution in [2.45, 2.75) is 46.6 Å². The van der Waals surface area contributed by atoms with Crippen molar-refractivity contribution in [3.63, 3.8) is 0 Å². The number of carbonyl (C=O) groups excluding carboxylic acids is 1. The van der Waals surface area contributed by atoms with Gasteiger partial charge in [-0.3, -0.25) is 4.99 Å². The molecule has 0 aliphatic rings. The van der Waals surface area contributed by atoms with Gasteiger partial charge in [-0.25, -0.2) is 4.79 Å². The molecule has 0 bridgehead atoms. The van der Waals surface area contributed by atoms with E-state index in [4.69, 9.17) is 9.15 Å². The van der Waals surface area contributed by atoms with Crippen molar-refractivity contribution in [2.75, 3.05) is 26.2 Å². The molecule has 0 saturated carbocycles. The third kappa shape index (κ3) is 11.2. The predicted molar refractivity (Wildman–Crippen MR) is 115 cm³/mol. The Hall–Kier alpha value is -1.45. The summed E-state index contributed by atoms with van der Waals surface area (Å²) in [5, 5.41) is 9.38. The van der Waals surface area contributed by atoms with Crippen LogP contribution >= 0.6 is 24.0 Å². The molecule has 150 valence electrons. The molecule has 26 heavy (non-hydrogen) atoms. The van der Waals surface area contributed by atoms with Gasteiger partial charge >= 0.3 is 6.09 Å². The highest BCUT2D eigenvalue weighted by Gasteiger charge is 2.14. The monoisotopic (exact) mass is 480 g/mol. The van der Waals surface area contributed by atoms with Crippen LogP contribution in [0.2, 0.25) is 0 Å². The number of furan rings is 1. The number of rotatable bonds is 10. The molecule has 0 aliphatic carbocycles. The minimum absolute atomic E-state index is 0. The SMILES string of the molecule is CCNC(=NCC(CC(C)C)NC(=O)OCC)NCCc1ccco1.I. The predicted octanol–water partition coefficient (Wildman–Crippen LogP) is 3.16. The van der Waals surface area contributed by atoms with E-state index in [0.29, 0.717) is 19.1 Å². The van der Waals surface area contributed by atoms with Crippen molar-refractivity contribution in [3.05, 3.63) is 24.2 Å². The summed E-state index contributed by atoms with van der Waals surface area (Å²) in [5.41, 5.74) is 0. The Kier molecular flexibility index (Phi) is 13.9. The summed E-state index contributed by atoms with van der Waals surface area (Å²) >= 11 is 0. The summed E-state index contributed by atoms with van der Waals surface area (Å²) in [6, 6.07) is 3.78. The molecule has 1 aromatic heterocycles. The second-order valence-corrected chi connectivity index (χ2v) is 6.17. The first-order valence-corrected chi connectivity index (χ1v) is 9.02. The molecule has 0 spiro atoms. The van der Waals surface area contributed by atoms with Gasteiger partial charge in [0.25, 0.3) is 0 Å². The second kappa shape index (κ2) is 14.7. The number of hydrogen-bond donors (Lipinski definition) is 3. The fraction of sp³-hybridized carbons (Fsp3) is 0.667. The van der Waals surface area contributed by atoms with Gasteiger partial charge in [0, 0.05) is 19.5 Å². The maximum Gasteiger partial charge on any atom is 0.407 e. The summed E-state index contributed by atoms with van der Waals surface area (Å²) in [5.74, 6) is 2.12. The van der Waals surface area contributed by atoms with E-state index in [-0.39, 0.29) is 36.1 Å². The van der Waals surface area contributed by atoms with Crippen LogP contribution in [0.25, 0.3) is 0 Å². The molecule has 1 amide bonds. The van der Waals surface area contributed by atoms with E-state index in [1.807, 2.05) is 19.1 Å². The number of guanidine groups is 1. The van der Waals surface area contributed by atoms with E-state index in [0.717, 1.165) is 37.7 Å². The van der Waals surface area contributed by atoms with Crippen molar-refractivity contribution in [2.24, 2.45) is 10.9 Å². The van der Waals surface area contributed by atoms with Gasteiger partial charge in [0.15, 0.2) is 5.96 Å². The van der Waals surface area contributed by atoms with Gasteiger partial charge in [0.05, 0.1) is 25.5 Å². The van der Waals surface area contributed by atoms with Crippen LogP contribution in [-0.2, 0) is 11.2 Å². The molecule has 7 nitrogen and oxygen atoms in total. The highest BCUT2D eigenvalue weighted by atomic mass is 127. The largest absolute Gasteiger partial charge is 0.469 e. The molecule has 0 radical (unpaired) electrons. The number of nitrogens with one attached hydrogen (secondary N) is 3. The molecule has 1 aromatic rings. The fourth-order valence-electron chi connectivity index (χ4n) is 2.39. The van der Waals surface area contributed by atoms with Gasteiger partial charge in [-0.05, 0) is 38.3 Å². The Labute approximate surface area is 173 Å². The van der Waals surface area contributed by atoms with E-state index in [2.05, 4.69) is 34.8 Å². The Morgan fingerprint density at radius 2 is 2.08 bits per heavy atom. The molecule has 3 N–H and O–H groups in total. The molecule has 0 saturated heterocycles. The first-order chi connectivity index (χ1) is 12.0. The average Bonchev–Trinajstić information content (AvgIpc) is 3.05. The van der Waals surface area contributed by atoms with Crippen LogP contribution in [0, 0.1) is 5.92 Å². The van der Waals surface area contributed by atoms with E-state index in [9.17, 15) is 4.79 Å². The lowest BCUT2D eigenvalue weighted by Gasteiger charge is -2.19. The molecule has 0 aliphatic heterocycles. The summed E-state index contributed by atoms with van der Waals surface area (Å²) in [7, 11) is 0. The number of alkyl carbamates (subject to hydrolysis) is 1. The standard InChI is InChI=1S/C18H32N4O3.HI/c1-5-19-17(20-10-9-16-8-7-11-25-16)21-13-15(12-14(3)4)22-18(23)24-6-2;/h7-8,11,14-15H,5-6,9-10,12-13H2,1-4H3,(H,22,23)(H2,19,20,21);1H. The molecule has 0 aromatic carbocycles. The maximum absolute atomic E-state index is 11.7. The van der Waals surface area contributed by atoms with Gasteiger partial charge < -0.3 is 25.1 Å². The van der Waals surface area contributed by atoms with Crippen molar-refractivity contribution in [1.29, 1.82) is 0 Å². The van der Waals surface area contributed by atoms with Gasteiger partial charge in [-0.1, -0.05) is 13.8 Å². The van der Waals surface area contributed by atoms with Gasteiger partial charge in [0.1, 0.15) is 5.76 Å². The van der Waals surface area contributed by atoms with Crippen LogP contribution in [-0.4, -0.2) is 44.3 Å². The third-order valence-electron chi connectivity index (χ3n) is 3.41. The smallest absolute Gasteiger partial charge is 0.407 e. The van der Waals surface area contributed by atoms with Gasteiger partial charge in [-0.15, -0.1) is 24.0 Å². The van der Waals surface area contributed by atoms with E-state index in [1.165, 1.54) is 0 Å². The van der Waals surface area contributed by atoms with Crippen molar-refractivity contribution in [3.8, 4) is 0 Å². The summed E-state index contributed by atoms with van der Waals surface area (Å²) in [4.78, 5) is 16.3. The first-order valence-electron chi connectivity index (χ1n) is 9.02. The molecule has 1 heterocycles. The number of amides is 1. The van der Waals surface area contributed by atoms with Crippen LogP contribution in [0.15, 0.2) is 27.8 Å². The minimum atomic E-state index is -0.390. The van der Waals surface area contributed by atoms with E-state index < -0.39 is 0 Å². The normalized spacial score (nSPS) is 12.3. The third-order valence-corrected chi connectivity index (χ3v) is 3.41. The maximum atomic E-state index is 11.7. The van der Waals surface area contributed by atoms with Gasteiger partial charge in [-0.2, -0.15) is 0 Å². The lowest BCUT2D eigenvalue weighted by Crippen LogP contribution is -2.42. The Morgan fingerprint density at radius 3 is 2.65 bits per heavy atom. The van der Waals surface area contributed by atoms with Crippen molar-refractivity contribution in [1.82, 2.24) is 16.0 Å². The molecule has 1 atom stereocenters. The Bertz CT molecular complexity index is 507. The molecular weight excluding hydrogens is 447 g/mol. The summed E-state index contributed by atoms with van der Waals surface area (Å²) in [6.45, 7) is 10.4. The molecular formula is C18H33IN4O3. The van der Waals surface area contributed by atoms with Crippen molar-refractivity contribution < 1.29 is 13.9 Å². The summed E-state index contributed by atoms with van der Waals surface area (Å²) < 4.78 is 10.3. The topological polar surface area (TPSA) is 87.9 Å². The number of carbonyl (C=O) groups is 1. The van der Waals surface area contributed by atoms with Crippen LogP contribution in [0.5, 0.6) is 0 Å².